The quantitative estimate of drug-likeness (QED) is 0.871. The lowest BCUT2D eigenvalue weighted by molar-refractivity contribution is -0.121. The van der Waals surface area contributed by atoms with Gasteiger partial charge in [0.15, 0.2) is 0 Å². The van der Waals surface area contributed by atoms with Crippen molar-refractivity contribution in [2.45, 2.75) is 19.9 Å². The molecule has 0 N–H and O–H groups in total. The molecule has 1 heterocycles. The van der Waals surface area contributed by atoms with Crippen LogP contribution in [0.4, 0.5) is 10.1 Å². The maximum atomic E-state index is 13.9. The van der Waals surface area contributed by atoms with Crippen molar-refractivity contribution in [3.05, 3.63) is 41.7 Å². The van der Waals surface area contributed by atoms with Gasteiger partial charge in [0.05, 0.1) is 5.69 Å². The fraction of sp³-hybridized carbons (Fsp3) is 0.308. The summed E-state index contributed by atoms with van der Waals surface area (Å²) in [5.74, 6) is -0.794. The Bertz CT molecular complexity index is 602. The summed E-state index contributed by atoms with van der Waals surface area (Å²) in [4.78, 5) is 17.6. The number of aromatic nitrogens is 3. The van der Waals surface area contributed by atoms with Gasteiger partial charge in [0, 0.05) is 11.6 Å². The molecule has 0 radical (unpaired) electrons. The summed E-state index contributed by atoms with van der Waals surface area (Å²) < 4.78 is 15.4. The zero-order valence-corrected chi connectivity index (χ0v) is 11.9. The molecular formula is C13H14ClFN4O. The van der Waals surface area contributed by atoms with Crippen LogP contribution < -0.4 is 4.90 Å². The molecule has 0 bridgehead atoms. The van der Waals surface area contributed by atoms with Crippen molar-refractivity contribution in [3.63, 3.8) is 0 Å². The summed E-state index contributed by atoms with van der Waals surface area (Å²) in [7, 11) is 0. The largest absolute Gasteiger partial charge is 0.308 e. The predicted octanol–water partition coefficient (Wildman–Crippen LogP) is 2.68. The lowest BCUT2D eigenvalue weighted by Crippen LogP contribution is -2.37. The van der Waals surface area contributed by atoms with E-state index in [0.29, 0.717) is 11.6 Å². The normalized spacial score (nSPS) is 12.2. The average molecular weight is 297 g/mol. The lowest BCUT2D eigenvalue weighted by Gasteiger charge is -2.25. The topological polar surface area (TPSA) is 51.0 Å². The number of carbonyl (C=O) groups excluding carboxylic acids is 1. The summed E-state index contributed by atoms with van der Waals surface area (Å²) in [5, 5.41) is 4.22. The number of nitrogens with zero attached hydrogens (tertiary/aromatic N) is 4. The Balaban J connectivity index is 2.30. The van der Waals surface area contributed by atoms with Crippen LogP contribution in [-0.2, 0) is 4.79 Å². The number of hydrogen-bond acceptors (Lipinski definition) is 3. The Kier molecular flexibility index (Phi) is 4.34. The Labute approximate surface area is 121 Å². The van der Waals surface area contributed by atoms with Gasteiger partial charge < -0.3 is 4.90 Å². The number of carbonyl (C=O) groups is 1. The molecule has 2 aromatic rings. The smallest absolute Gasteiger partial charge is 0.251 e. The van der Waals surface area contributed by atoms with E-state index in [9.17, 15) is 9.18 Å². The molecule has 2 rings (SSSR count). The Morgan fingerprint density at radius 1 is 1.55 bits per heavy atom. The standard InChI is InChI=1S/C13H14ClFN4O/c1-3-18(12-5-4-10(14)6-11(12)15)13(20)9(2)19-8-16-7-17-19/h4-9H,3H2,1-2H3. The maximum Gasteiger partial charge on any atom is 0.251 e. The first-order chi connectivity index (χ1) is 9.54. The number of benzene rings is 1. The molecule has 0 aliphatic heterocycles. The molecule has 0 spiro atoms. The third kappa shape index (κ3) is 2.80. The van der Waals surface area contributed by atoms with Crippen LogP contribution in [0.15, 0.2) is 30.9 Å². The van der Waals surface area contributed by atoms with E-state index >= 15 is 0 Å². The van der Waals surface area contributed by atoms with Crippen molar-refractivity contribution in [2.24, 2.45) is 0 Å². The van der Waals surface area contributed by atoms with Crippen LogP contribution in [0.3, 0.4) is 0 Å². The fourth-order valence-electron chi connectivity index (χ4n) is 1.90. The maximum absolute atomic E-state index is 13.9. The van der Waals surface area contributed by atoms with Gasteiger partial charge in [-0.05, 0) is 32.0 Å². The number of anilines is 1. The zero-order valence-electron chi connectivity index (χ0n) is 11.1. The molecule has 1 aromatic carbocycles. The SMILES string of the molecule is CCN(C(=O)C(C)n1cncn1)c1ccc(Cl)cc1F. The van der Waals surface area contributed by atoms with Gasteiger partial charge in [-0.1, -0.05) is 11.6 Å². The van der Waals surface area contributed by atoms with Crippen LogP contribution in [0, 0.1) is 5.82 Å². The average Bonchev–Trinajstić information content (AvgIpc) is 2.94. The molecule has 1 amide bonds. The minimum Gasteiger partial charge on any atom is -0.308 e. The number of rotatable bonds is 4. The molecule has 20 heavy (non-hydrogen) atoms. The molecule has 0 saturated heterocycles. The van der Waals surface area contributed by atoms with E-state index in [1.807, 2.05) is 0 Å². The van der Waals surface area contributed by atoms with Crippen molar-refractivity contribution < 1.29 is 9.18 Å². The number of amides is 1. The van der Waals surface area contributed by atoms with Crippen molar-refractivity contribution in [2.75, 3.05) is 11.4 Å². The summed E-state index contributed by atoms with van der Waals surface area (Å²) in [5.41, 5.74) is 0.203. The molecular weight excluding hydrogens is 283 g/mol. The molecule has 1 aromatic heterocycles. The van der Waals surface area contributed by atoms with Gasteiger partial charge in [-0.15, -0.1) is 0 Å². The number of likely N-dealkylation sites (N-methyl/N-ethyl adjacent to an activating group) is 1. The van der Waals surface area contributed by atoms with Crippen LogP contribution in [0.2, 0.25) is 5.02 Å². The second-order valence-corrected chi connectivity index (χ2v) is 4.67. The van der Waals surface area contributed by atoms with Gasteiger partial charge in [0.25, 0.3) is 5.91 Å². The summed E-state index contributed by atoms with van der Waals surface area (Å²) >= 11 is 5.72. The molecule has 0 aliphatic carbocycles. The first kappa shape index (κ1) is 14.5. The van der Waals surface area contributed by atoms with Gasteiger partial charge in [-0.25, -0.2) is 14.1 Å². The van der Waals surface area contributed by atoms with Crippen molar-refractivity contribution >= 4 is 23.2 Å². The van der Waals surface area contributed by atoms with Crippen LogP contribution in [-0.4, -0.2) is 27.2 Å². The Hall–Kier alpha value is -1.95. The lowest BCUT2D eigenvalue weighted by atomic mass is 10.2. The second-order valence-electron chi connectivity index (χ2n) is 4.23. The van der Waals surface area contributed by atoms with E-state index in [1.165, 1.54) is 34.4 Å². The highest BCUT2D eigenvalue weighted by atomic mass is 35.5. The van der Waals surface area contributed by atoms with Crippen molar-refractivity contribution in [1.82, 2.24) is 14.8 Å². The Morgan fingerprint density at radius 2 is 2.30 bits per heavy atom. The van der Waals surface area contributed by atoms with Crippen LogP contribution in [0.1, 0.15) is 19.9 Å². The summed E-state index contributed by atoms with van der Waals surface area (Å²) in [6, 6.07) is 3.67. The van der Waals surface area contributed by atoms with Crippen molar-refractivity contribution in [3.8, 4) is 0 Å². The van der Waals surface area contributed by atoms with E-state index in [4.69, 9.17) is 11.6 Å². The number of halogens is 2. The van der Waals surface area contributed by atoms with E-state index in [0.717, 1.165) is 0 Å². The molecule has 106 valence electrons. The van der Waals surface area contributed by atoms with Gasteiger partial charge in [0.1, 0.15) is 24.5 Å². The summed E-state index contributed by atoms with van der Waals surface area (Å²) in [6.07, 6.45) is 2.80. The molecule has 1 atom stereocenters. The third-order valence-electron chi connectivity index (χ3n) is 2.97. The van der Waals surface area contributed by atoms with E-state index in [2.05, 4.69) is 10.1 Å². The van der Waals surface area contributed by atoms with Gasteiger partial charge in [-0.2, -0.15) is 5.10 Å². The van der Waals surface area contributed by atoms with Crippen LogP contribution >= 0.6 is 11.6 Å². The molecule has 0 saturated carbocycles. The first-order valence-electron chi connectivity index (χ1n) is 6.15. The fourth-order valence-corrected chi connectivity index (χ4v) is 2.06. The minimum atomic E-state index is -0.562. The minimum absolute atomic E-state index is 0.203. The zero-order chi connectivity index (χ0) is 14.7. The highest BCUT2D eigenvalue weighted by Gasteiger charge is 2.24. The van der Waals surface area contributed by atoms with Gasteiger partial charge >= 0.3 is 0 Å². The third-order valence-corrected chi connectivity index (χ3v) is 3.21. The van der Waals surface area contributed by atoms with Crippen LogP contribution in [0.5, 0.6) is 0 Å². The molecule has 0 fully saturated rings. The molecule has 0 aliphatic rings. The highest BCUT2D eigenvalue weighted by molar-refractivity contribution is 6.30. The second kappa shape index (κ2) is 6.00. The van der Waals surface area contributed by atoms with Crippen LogP contribution in [0.25, 0.3) is 0 Å². The Morgan fingerprint density at radius 3 is 2.85 bits per heavy atom. The van der Waals surface area contributed by atoms with Gasteiger partial charge in [-0.3, -0.25) is 4.79 Å². The molecule has 7 heteroatoms. The van der Waals surface area contributed by atoms with E-state index < -0.39 is 11.9 Å². The molecule has 5 nitrogen and oxygen atoms in total. The van der Waals surface area contributed by atoms with E-state index in [1.54, 1.807) is 19.9 Å². The number of hydrogen-bond donors (Lipinski definition) is 0. The highest BCUT2D eigenvalue weighted by Crippen LogP contribution is 2.24. The predicted molar refractivity (Wildman–Crippen MR) is 74.2 cm³/mol. The van der Waals surface area contributed by atoms with E-state index in [-0.39, 0.29) is 11.6 Å². The van der Waals surface area contributed by atoms with Gasteiger partial charge in [0.2, 0.25) is 0 Å². The first-order valence-corrected chi connectivity index (χ1v) is 6.53. The monoisotopic (exact) mass is 296 g/mol. The summed E-state index contributed by atoms with van der Waals surface area (Å²) in [6.45, 7) is 3.81. The molecule has 1 unspecified atom stereocenters. The van der Waals surface area contributed by atoms with Crippen molar-refractivity contribution in [1.29, 1.82) is 0 Å².